The zero-order chi connectivity index (χ0) is 14.6. The second-order valence-corrected chi connectivity index (χ2v) is 8.64. The number of hydrogen-bond acceptors (Lipinski definition) is 3. The Labute approximate surface area is 136 Å². The lowest BCUT2D eigenvalue weighted by Gasteiger charge is -2.12. The fourth-order valence-corrected chi connectivity index (χ4v) is 4.71. The summed E-state index contributed by atoms with van der Waals surface area (Å²) in [6.07, 6.45) is 2.73. The maximum absolute atomic E-state index is 12.2. The first-order valence-electron chi connectivity index (χ1n) is 5.45. The Morgan fingerprint density at radius 1 is 1.37 bits per heavy atom. The lowest BCUT2D eigenvalue weighted by Crippen LogP contribution is -2.26. The van der Waals surface area contributed by atoms with E-state index in [1.807, 2.05) is 13.2 Å². The molecule has 19 heavy (non-hydrogen) atoms. The molecule has 0 aliphatic rings. The van der Waals surface area contributed by atoms with Gasteiger partial charge < -0.3 is 0 Å². The van der Waals surface area contributed by atoms with E-state index in [0.29, 0.717) is 16.3 Å². The van der Waals surface area contributed by atoms with Crippen LogP contribution in [0.3, 0.4) is 0 Å². The topological polar surface area (TPSA) is 46.2 Å². The van der Waals surface area contributed by atoms with Crippen LogP contribution < -0.4 is 4.72 Å². The van der Waals surface area contributed by atoms with Gasteiger partial charge in [0.05, 0.1) is 10.0 Å². The molecule has 0 fully saturated rings. The maximum atomic E-state index is 12.2. The summed E-state index contributed by atoms with van der Waals surface area (Å²) in [6.45, 7) is 2.39. The predicted octanol–water partition coefficient (Wildman–Crippen LogP) is 4.18. The third-order valence-corrected chi connectivity index (χ3v) is 6.36. The van der Waals surface area contributed by atoms with E-state index >= 15 is 0 Å². The monoisotopic (exact) mass is 405 g/mol. The van der Waals surface area contributed by atoms with E-state index in [0.717, 1.165) is 6.42 Å². The van der Waals surface area contributed by atoms with Gasteiger partial charge in [0.1, 0.15) is 4.90 Å². The lowest BCUT2D eigenvalue weighted by molar-refractivity contribution is 0.579. The third-order valence-electron chi connectivity index (χ3n) is 2.48. The summed E-state index contributed by atoms with van der Waals surface area (Å²) in [5.41, 5.74) is 0. The van der Waals surface area contributed by atoms with Crippen molar-refractivity contribution in [1.29, 1.82) is 0 Å². The smallest absolute Gasteiger partial charge is 0.211 e. The maximum Gasteiger partial charge on any atom is 0.243 e. The van der Waals surface area contributed by atoms with Gasteiger partial charge in [0.2, 0.25) is 10.0 Å². The van der Waals surface area contributed by atoms with Gasteiger partial charge in [0.25, 0.3) is 0 Å². The molecule has 108 valence electrons. The Kier molecular flexibility index (Phi) is 6.96. The second-order valence-electron chi connectivity index (χ2n) is 3.93. The summed E-state index contributed by atoms with van der Waals surface area (Å²) < 4.78 is 27.5. The molecule has 1 N–H and O–H groups in total. The highest BCUT2D eigenvalue weighted by atomic mass is 79.9. The van der Waals surface area contributed by atoms with Gasteiger partial charge in [-0.05, 0) is 24.8 Å². The Morgan fingerprint density at radius 3 is 2.37 bits per heavy atom. The highest BCUT2D eigenvalue weighted by Crippen LogP contribution is 2.32. The molecular formula is C11H14BrCl2NO2S2. The van der Waals surface area contributed by atoms with E-state index in [9.17, 15) is 8.42 Å². The van der Waals surface area contributed by atoms with Crippen molar-refractivity contribution >= 4 is 60.9 Å². The van der Waals surface area contributed by atoms with Crippen molar-refractivity contribution in [2.45, 2.75) is 23.5 Å². The Balaban J connectivity index is 2.89. The number of thioether (sulfide) groups is 1. The molecule has 1 atom stereocenters. The molecule has 1 aromatic rings. The van der Waals surface area contributed by atoms with Crippen LogP contribution in [0, 0.1) is 0 Å². The van der Waals surface area contributed by atoms with E-state index in [-0.39, 0.29) is 14.9 Å². The fourth-order valence-electron chi connectivity index (χ4n) is 1.37. The molecule has 3 nitrogen and oxygen atoms in total. The standard InChI is InChI=1S/C11H14BrCl2NO2S2/c1-7(18-2)3-4-15-19(16,17)11-9(13)5-8(12)6-10(11)14/h5-7,15H,3-4H2,1-2H3. The first-order valence-corrected chi connectivity index (χ1v) is 9.77. The predicted molar refractivity (Wildman–Crippen MR) is 86.9 cm³/mol. The van der Waals surface area contributed by atoms with Gasteiger partial charge in [0.15, 0.2) is 0 Å². The molecule has 1 aromatic carbocycles. The molecule has 1 rings (SSSR count). The first kappa shape index (κ1) is 17.6. The quantitative estimate of drug-likeness (QED) is 0.770. The molecule has 0 spiro atoms. The van der Waals surface area contributed by atoms with Gasteiger partial charge in [-0.15, -0.1) is 0 Å². The normalized spacial score (nSPS) is 13.5. The van der Waals surface area contributed by atoms with Crippen molar-refractivity contribution in [2.75, 3.05) is 12.8 Å². The average Bonchev–Trinajstić information content (AvgIpc) is 2.26. The van der Waals surface area contributed by atoms with Crippen LogP contribution in [0.1, 0.15) is 13.3 Å². The third kappa shape index (κ3) is 5.10. The van der Waals surface area contributed by atoms with Crippen molar-refractivity contribution in [1.82, 2.24) is 4.72 Å². The van der Waals surface area contributed by atoms with Gasteiger partial charge >= 0.3 is 0 Å². The van der Waals surface area contributed by atoms with Gasteiger partial charge in [0, 0.05) is 16.3 Å². The Morgan fingerprint density at radius 2 is 1.89 bits per heavy atom. The molecule has 0 aromatic heterocycles. The van der Waals surface area contributed by atoms with Crippen LogP contribution in [0.4, 0.5) is 0 Å². The second kappa shape index (κ2) is 7.52. The number of sulfonamides is 1. The van der Waals surface area contributed by atoms with Gasteiger partial charge in [-0.1, -0.05) is 46.1 Å². The van der Waals surface area contributed by atoms with Crippen LogP contribution in [0.15, 0.2) is 21.5 Å². The molecule has 0 heterocycles. The summed E-state index contributed by atoms with van der Waals surface area (Å²) in [5.74, 6) is 0. The molecular weight excluding hydrogens is 393 g/mol. The molecule has 0 radical (unpaired) electrons. The summed E-state index contributed by atoms with van der Waals surface area (Å²) in [5, 5.41) is 0.591. The van der Waals surface area contributed by atoms with E-state index in [1.165, 1.54) is 12.1 Å². The number of halogens is 3. The molecule has 0 bridgehead atoms. The Hall–Kier alpha value is 0.540. The molecule has 1 unspecified atom stereocenters. The minimum atomic E-state index is -3.69. The molecule has 8 heteroatoms. The number of rotatable bonds is 6. The molecule has 0 saturated carbocycles. The minimum Gasteiger partial charge on any atom is -0.211 e. The summed E-state index contributed by atoms with van der Waals surface area (Å²) in [7, 11) is -3.69. The highest BCUT2D eigenvalue weighted by Gasteiger charge is 2.22. The average molecular weight is 407 g/mol. The zero-order valence-corrected chi connectivity index (χ0v) is 15.1. The summed E-state index contributed by atoms with van der Waals surface area (Å²) in [6, 6.07) is 3.01. The zero-order valence-electron chi connectivity index (χ0n) is 10.4. The van der Waals surface area contributed by atoms with Gasteiger partial charge in [-0.25, -0.2) is 13.1 Å². The van der Waals surface area contributed by atoms with Crippen molar-refractivity contribution < 1.29 is 8.42 Å². The summed E-state index contributed by atoms with van der Waals surface area (Å²) >= 11 is 16.8. The highest BCUT2D eigenvalue weighted by molar-refractivity contribution is 9.10. The molecule has 0 saturated heterocycles. The van der Waals surface area contributed by atoms with Gasteiger partial charge in [-0.2, -0.15) is 11.8 Å². The van der Waals surface area contributed by atoms with Crippen LogP contribution in [0.5, 0.6) is 0 Å². The Bertz CT molecular complexity index is 529. The van der Waals surface area contributed by atoms with E-state index < -0.39 is 10.0 Å². The largest absolute Gasteiger partial charge is 0.243 e. The number of nitrogens with one attached hydrogen (secondary N) is 1. The van der Waals surface area contributed by atoms with E-state index in [1.54, 1.807) is 11.8 Å². The van der Waals surface area contributed by atoms with Crippen molar-refractivity contribution in [3.8, 4) is 0 Å². The molecule has 0 aliphatic heterocycles. The number of hydrogen-bond donors (Lipinski definition) is 1. The van der Waals surface area contributed by atoms with Crippen LogP contribution in [0.25, 0.3) is 0 Å². The van der Waals surface area contributed by atoms with Crippen molar-refractivity contribution in [2.24, 2.45) is 0 Å². The lowest BCUT2D eigenvalue weighted by atomic mass is 10.3. The van der Waals surface area contributed by atoms with Crippen LogP contribution in [0.2, 0.25) is 10.0 Å². The fraction of sp³-hybridized carbons (Fsp3) is 0.455. The van der Waals surface area contributed by atoms with Crippen LogP contribution in [-0.4, -0.2) is 26.5 Å². The number of benzene rings is 1. The minimum absolute atomic E-state index is 0.0733. The van der Waals surface area contributed by atoms with Crippen LogP contribution in [-0.2, 0) is 10.0 Å². The van der Waals surface area contributed by atoms with Crippen molar-refractivity contribution in [3.63, 3.8) is 0 Å². The molecule has 0 aliphatic carbocycles. The van der Waals surface area contributed by atoms with E-state index in [2.05, 4.69) is 20.7 Å². The van der Waals surface area contributed by atoms with Crippen molar-refractivity contribution in [3.05, 3.63) is 26.7 Å². The van der Waals surface area contributed by atoms with Gasteiger partial charge in [-0.3, -0.25) is 0 Å². The first-order chi connectivity index (χ1) is 8.77. The summed E-state index contributed by atoms with van der Waals surface area (Å²) in [4.78, 5) is -0.0733. The van der Waals surface area contributed by atoms with Crippen LogP contribution >= 0.6 is 50.9 Å². The SMILES string of the molecule is CSC(C)CCNS(=O)(=O)c1c(Cl)cc(Br)cc1Cl. The molecule has 0 amide bonds. The van der Waals surface area contributed by atoms with E-state index in [4.69, 9.17) is 23.2 Å².